The van der Waals surface area contributed by atoms with Gasteiger partial charge in [-0.3, -0.25) is 9.36 Å². The molecule has 1 fully saturated rings. The standard InChI is InChI=1S/C13H20N6/c1-10-7-11(2)19(16-10)6-5-18-9-13(15-17-18)8-14-12-3-4-12/h7,9,12,14H,3-6,8H2,1-2H3. The maximum atomic E-state index is 4.44. The second-order valence-corrected chi connectivity index (χ2v) is 5.28. The molecule has 2 aromatic heterocycles. The smallest absolute Gasteiger partial charge is 0.0964 e. The van der Waals surface area contributed by atoms with E-state index in [-0.39, 0.29) is 0 Å². The molecule has 102 valence electrons. The monoisotopic (exact) mass is 260 g/mol. The van der Waals surface area contributed by atoms with Crippen molar-refractivity contribution in [1.29, 1.82) is 0 Å². The molecule has 0 spiro atoms. The van der Waals surface area contributed by atoms with Crippen molar-refractivity contribution in [1.82, 2.24) is 30.1 Å². The van der Waals surface area contributed by atoms with Crippen LogP contribution < -0.4 is 5.32 Å². The third-order valence-electron chi connectivity index (χ3n) is 3.38. The van der Waals surface area contributed by atoms with Crippen molar-refractivity contribution in [2.24, 2.45) is 0 Å². The fourth-order valence-corrected chi connectivity index (χ4v) is 2.16. The average molecular weight is 260 g/mol. The molecule has 1 N–H and O–H groups in total. The Balaban J connectivity index is 1.53. The summed E-state index contributed by atoms with van der Waals surface area (Å²) in [4.78, 5) is 0. The van der Waals surface area contributed by atoms with Crippen molar-refractivity contribution in [2.75, 3.05) is 0 Å². The van der Waals surface area contributed by atoms with Crippen LogP contribution in [0.25, 0.3) is 0 Å². The van der Waals surface area contributed by atoms with Gasteiger partial charge in [-0.05, 0) is 32.8 Å². The molecule has 0 aliphatic heterocycles. The van der Waals surface area contributed by atoms with Gasteiger partial charge in [-0.1, -0.05) is 5.21 Å². The summed E-state index contributed by atoms with van der Waals surface area (Å²) in [6, 6.07) is 2.80. The highest BCUT2D eigenvalue weighted by atomic mass is 15.4. The quantitative estimate of drug-likeness (QED) is 0.843. The Morgan fingerprint density at radius 2 is 2.16 bits per heavy atom. The van der Waals surface area contributed by atoms with Gasteiger partial charge < -0.3 is 5.32 Å². The molecule has 0 saturated heterocycles. The number of hydrogen-bond donors (Lipinski definition) is 1. The molecule has 0 radical (unpaired) electrons. The fourth-order valence-electron chi connectivity index (χ4n) is 2.16. The number of nitrogens with one attached hydrogen (secondary N) is 1. The highest BCUT2D eigenvalue weighted by Crippen LogP contribution is 2.18. The highest BCUT2D eigenvalue weighted by molar-refractivity contribution is 5.06. The summed E-state index contributed by atoms with van der Waals surface area (Å²) in [5.41, 5.74) is 3.26. The third kappa shape index (κ3) is 3.20. The molecule has 0 atom stereocenters. The molecule has 0 amide bonds. The van der Waals surface area contributed by atoms with Gasteiger partial charge in [0.05, 0.1) is 24.5 Å². The molecule has 6 heteroatoms. The molecule has 1 saturated carbocycles. The maximum absolute atomic E-state index is 4.44. The molecule has 2 heterocycles. The van der Waals surface area contributed by atoms with Gasteiger partial charge in [-0.15, -0.1) is 5.10 Å². The Labute approximate surface area is 112 Å². The van der Waals surface area contributed by atoms with Gasteiger partial charge in [-0.2, -0.15) is 5.10 Å². The molecule has 19 heavy (non-hydrogen) atoms. The maximum Gasteiger partial charge on any atom is 0.0964 e. The minimum atomic E-state index is 0.708. The Bertz CT molecular complexity index is 551. The first kappa shape index (κ1) is 12.3. The first-order valence-corrected chi connectivity index (χ1v) is 6.84. The van der Waals surface area contributed by atoms with E-state index in [0.717, 1.165) is 31.0 Å². The van der Waals surface area contributed by atoms with Crippen LogP contribution in [0.4, 0.5) is 0 Å². The van der Waals surface area contributed by atoms with Gasteiger partial charge in [0.15, 0.2) is 0 Å². The molecule has 1 aliphatic rings. The predicted molar refractivity (Wildman–Crippen MR) is 71.6 cm³/mol. The topological polar surface area (TPSA) is 60.6 Å². The van der Waals surface area contributed by atoms with Crippen LogP contribution in [-0.2, 0) is 19.6 Å². The van der Waals surface area contributed by atoms with Crippen molar-refractivity contribution in [2.45, 2.75) is 52.4 Å². The lowest BCUT2D eigenvalue weighted by Gasteiger charge is -2.03. The zero-order chi connectivity index (χ0) is 13.2. The number of aromatic nitrogens is 5. The fraction of sp³-hybridized carbons (Fsp3) is 0.615. The first-order chi connectivity index (χ1) is 9.20. The van der Waals surface area contributed by atoms with Crippen molar-refractivity contribution in [3.05, 3.63) is 29.3 Å². The summed E-state index contributed by atoms with van der Waals surface area (Å²) in [6.45, 7) is 6.55. The van der Waals surface area contributed by atoms with Crippen LogP contribution in [-0.4, -0.2) is 30.8 Å². The Morgan fingerprint density at radius 1 is 1.32 bits per heavy atom. The van der Waals surface area contributed by atoms with E-state index in [1.165, 1.54) is 18.5 Å². The number of rotatable bonds is 6. The minimum absolute atomic E-state index is 0.708. The van der Waals surface area contributed by atoms with Crippen molar-refractivity contribution < 1.29 is 0 Å². The lowest BCUT2D eigenvalue weighted by Crippen LogP contribution is -2.15. The zero-order valence-corrected chi connectivity index (χ0v) is 11.5. The van der Waals surface area contributed by atoms with Crippen LogP contribution in [0.1, 0.15) is 29.9 Å². The van der Waals surface area contributed by atoms with E-state index >= 15 is 0 Å². The van der Waals surface area contributed by atoms with Crippen LogP contribution in [0.5, 0.6) is 0 Å². The van der Waals surface area contributed by atoms with E-state index in [2.05, 4.69) is 33.7 Å². The van der Waals surface area contributed by atoms with Crippen LogP contribution in [0.3, 0.4) is 0 Å². The molecule has 0 unspecified atom stereocenters. The highest BCUT2D eigenvalue weighted by Gasteiger charge is 2.20. The van der Waals surface area contributed by atoms with Crippen molar-refractivity contribution >= 4 is 0 Å². The SMILES string of the molecule is Cc1cc(C)n(CCn2cc(CNC3CC3)nn2)n1. The minimum Gasteiger partial charge on any atom is -0.308 e. The second-order valence-electron chi connectivity index (χ2n) is 5.28. The summed E-state index contributed by atoms with van der Waals surface area (Å²) in [6.07, 6.45) is 4.61. The first-order valence-electron chi connectivity index (χ1n) is 6.84. The zero-order valence-electron chi connectivity index (χ0n) is 11.5. The lowest BCUT2D eigenvalue weighted by molar-refractivity contribution is 0.481. The van der Waals surface area contributed by atoms with E-state index in [1.807, 2.05) is 22.5 Å². The van der Waals surface area contributed by atoms with Crippen LogP contribution >= 0.6 is 0 Å². The van der Waals surface area contributed by atoms with Gasteiger partial charge >= 0.3 is 0 Å². The van der Waals surface area contributed by atoms with E-state index in [9.17, 15) is 0 Å². The van der Waals surface area contributed by atoms with Gasteiger partial charge in [0.25, 0.3) is 0 Å². The Kier molecular flexibility index (Phi) is 3.33. The molecular formula is C13H20N6. The second kappa shape index (κ2) is 5.13. The van der Waals surface area contributed by atoms with E-state index in [0.29, 0.717) is 6.04 Å². The number of nitrogens with zero attached hydrogens (tertiary/aromatic N) is 5. The number of aryl methyl sites for hydroxylation is 4. The molecular weight excluding hydrogens is 240 g/mol. The third-order valence-corrected chi connectivity index (χ3v) is 3.38. The lowest BCUT2D eigenvalue weighted by atomic mass is 10.4. The summed E-state index contributed by atoms with van der Waals surface area (Å²) in [7, 11) is 0. The van der Waals surface area contributed by atoms with Gasteiger partial charge in [0, 0.05) is 24.5 Å². The van der Waals surface area contributed by atoms with E-state index in [1.54, 1.807) is 0 Å². The Morgan fingerprint density at radius 3 is 2.84 bits per heavy atom. The average Bonchev–Trinajstić information content (AvgIpc) is 3.01. The summed E-state index contributed by atoms with van der Waals surface area (Å²) in [5.74, 6) is 0. The van der Waals surface area contributed by atoms with Gasteiger partial charge in [0.1, 0.15) is 0 Å². The molecule has 1 aliphatic carbocycles. The normalized spacial score (nSPS) is 15.1. The molecule has 0 aromatic carbocycles. The van der Waals surface area contributed by atoms with Crippen molar-refractivity contribution in [3.63, 3.8) is 0 Å². The van der Waals surface area contributed by atoms with Crippen molar-refractivity contribution in [3.8, 4) is 0 Å². The molecule has 6 nitrogen and oxygen atoms in total. The summed E-state index contributed by atoms with van der Waals surface area (Å²) >= 11 is 0. The van der Waals surface area contributed by atoms with Gasteiger partial charge in [0.2, 0.25) is 0 Å². The van der Waals surface area contributed by atoms with Gasteiger partial charge in [-0.25, -0.2) is 0 Å². The van der Waals surface area contributed by atoms with E-state index in [4.69, 9.17) is 0 Å². The van der Waals surface area contributed by atoms with Crippen LogP contribution in [0.2, 0.25) is 0 Å². The van der Waals surface area contributed by atoms with E-state index < -0.39 is 0 Å². The largest absolute Gasteiger partial charge is 0.308 e. The molecule has 3 rings (SSSR count). The Hall–Kier alpha value is -1.69. The molecule has 2 aromatic rings. The predicted octanol–water partition coefficient (Wildman–Crippen LogP) is 1.04. The number of hydrogen-bond acceptors (Lipinski definition) is 4. The molecule has 0 bridgehead atoms. The summed E-state index contributed by atoms with van der Waals surface area (Å²) < 4.78 is 3.90. The van der Waals surface area contributed by atoms with Crippen LogP contribution in [0, 0.1) is 13.8 Å². The summed E-state index contributed by atoms with van der Waals surface area (Å²) in [5, 5.41) is 16.2. The van der Waals surface area contributed by atoms with Crippen LogP contribution in [0.15, 0.2) is 12.3 Å².